The van der Waals surface area contributed by atoms with E-state index in [0.717, 1.165) is 23.2 Å². The van der Waals surface area contributed by atoms with Gasteiger partial charge in [-0.05, 0) is 56.2 Å². The van der Waals surface area contributed by atoms with Crippen molar-refractivity contribution in [3.63, 3.8) is 0 Å². The smallest absolute Gasteiger partial charge is 0.255 e. The highest BCUT2D eigenvalue weighted by Gasteiger charge is 2.15. The number of amides is 2. The number of ether oxygens (including phenoxy) is 1. The highest BCUT2D eigenvalue weighted by Crippen LogP contribution is 2.21. The molecule has 0 aliphatic heterocycles. The van der Waals surface area contributed by atoms with E-state index in [1.54, 1.807) is 48.5 Å². The molecule has 7 nitrogen and oxygen atoms in total. The average Bonchev–Trinajstić information content (AvgIpc) is 3.20. The lowest BCUT2D eigenvalue weighted by atomic mass is 10.1. The molecule has 0 saturated carbocycles. The van der Waals surface area contributed by atoms with Crippen molar-refractivity contribution in [1.29, 1.82) is 0 Å². The topological polar surface area (TPSA) is 93.5 Å². The van der Waals surface area contributed by atoms with Gasteiger partial charge >= 0.3 is 0 Å². The maximum Gasteiger partial charge on any atom is 0.255 e. The molecule has 4 aromatic rings. The van der Waals surface area contributed by atoms with Gasteiger partial charge in [0.25, 0.3) is 11.8 Å². The van der Waals surface area contributed by atoms with Gasteiger partial charge in [0.1, 0.15) is 18.1 Å². The standard InChI is InChI=1S/C28H27N3O4/c1-19-25(20(2)35-31-19)18-34-23-12-8-11-22(17-23)27(32)30-26-14-7-6-13-24(26)28(33)29-16-15-21-9-4-3-5-10-21/h3-14,17H,15-16,18H2,1-2H3,(H,29,33)(H,30,32). The number of nitrogens with one attached hydrogen (secondary N) is 2. The molecule has 0 unspecified atom stereocenters. The monoisotopic (exact) mass is 469 g/mol. The van der Waals surface area contributed by atoms with Crippen LogP contribution >= 0.6 is 0 Å². The number of benzene rings is 3. The second-order valence-electron chi connectivity index (χ2n) is 8.11. The highest BCUT2D eigenvalue weighted by molar-refractivity contribution is 6.09. The van der Waals surface area contributed by atoms with Gasteiger partial charge in [0.15, 0.2) is 0 Å². The Bertz CT molecular complexity index is 1300. The van der Waals surface area contributed by atoms with E-state index in [1.807, 2.05) is 44.2 Å². The number of aromatic nitrogens is 1. The van der Waals surface area contributed by atoms with Gasteiger partial charge in [-0.1, -0.05) is 53.7 Å². The van der Waals surface area contributed by atoms with Gasteiger partial charge in [0.2, 0.25) is 0 Å². The van der Waals surface area contributed by atoms with Crippen LogP contribution in [0.5, 0.6) is 5.75 Å². The number of anilines is 1. The lowest BCUT2D eigenvalue weighted by Crippen LogP contribution is -2.27. The summed E-state index contributed by atoms with van der Waals surface area (Å²) >= 11 is 0. The molecular formula is C28H27N3O4. The molecule has 7 heteroatoms. The van der Waals surface area contributed by atoms with E-state index in [1.165, 1.54) is 0 Å². The van der Waals surface area contributed by atoms with Crippen molar-refractivity contribution in [2.75, 3.05) is 11.9 Å². The second-order valence-corrected chi connectivity index (χ2v) is 8.11. The van der Waals surface area contributed by atoms with Crippen molar-refractivity contribution in [3.05, 3.63) is 113 Å². The summed E-state index contributed by atoms with van der Waals surface area (Å²) in [4.78, 5) is 25.7. The first-order chi connectivity index (χ1) is 17.0. The Kier molecular flexibility index (Phi) is 7.57. The first-order valence-corrected chi connectivity index (χ1v) is 11.4. The van der Waals surface area contributed by atoms with Gasteiger partial charge in [0, 0.05) is 12.1 Å². The quantitative estimate of drug-likeness (QED) is 0.356. The molecule has 0 atom stereocenters. The summed E-state index contributed by atoms with van der Waals surface area (Å²) in [6.45, 7) is 4.47. The molecule has 0 aliphatic rings. The van der Waals surface area contributed by atoms with Crippen molar-refractivity contribution in [1.82, 2.24) is 10.5 Å². The molecule has 3 aromatic carbocycles. The second kappa shape index (κ2) is 11.2. The summed E-state index contributed by atoms with van der Waals surface area (Å²) in [7, 11) is 0. The maximum atomic E-state index is 13.0. The highest BCUT2D eigenvalue weighted by atomic mass is 16.5. The summed E-state index contributed by atoms with van der Waals surface area (Å²) in [5.74, 6) is 0.672. The Hall–Kier alpha value is -4.39. The lowest BCUT2D eigenvalue weighted by molar-refractivity contribution is 0.0955. The van der Waals surface area contributed by atoms with Crippen LogP contribution in [0.15, 0.2) is 83.4 Å². The van der Waals surface area contributed by atoms with Crippen LogP contribution in [0.25, 0.3) is 0 Å². The van der Waals surface area contributed by atoms with Crippen molar-refractivity contribution in [3.8, 4) is 5.75 Å². The number of para-hydroxylation sites is 1. The van der Waals surface area contributed by atoms with Crippen LogP contribution in [0.4, 0.5) is 5.69 Å². The molecule has 35 heavy (non-hydrogen) atoms. The van der Waals surface area contributed by atoms with Gasteiger partial charge in [-0.15, -0.1) is 0 Å². The predicted octanol–water partition coefficient (Wildman–Crippen LogP) is 5.10. The van der Waals surface area contributed by atoms with Crippen LogP contribution in [0, 0.1) is 13.8 Å². The third-order valence-electron chi connectivity index (χ3n) is 5.62. The number of carbonyl (C=O) groups is 2. The minimum absolute atomic E-state index is 0.242. The Morgan fingerprint density at radius 2 is 1.69 bits per heavy atom. The molecule has 4 rings (SSSR count). The Morgan fingerprint density at radius 1 is 0.914 bits per heavy atom. The summed E-state index contributed by atoms with van der Waals surface area (Å²) in [6, 6.07) is 23.8. The van der Waals surface area contributed by atoms with Crippen molar-refractivity contribution in [2.24, 2.45) is 0 Å². The molecule has 2 amide bonds. The molecule has 178 valence electrons. The lowest BCUT2D eigenvalue weighted by Gasteiger charge is -2.12. The third-order valence-corrected chi connectivity index (χ3v) is 5.62. The first kappa shape index (κ1) is 23.8. The fourth-order valence-corrected chi connectivity index (χ4v) is 3.64. The number of aryl methyl sites for hydroxylation is 2. The van der Waals surface area contributed by atoms with Crippen LogP contribution < -0.4 is 15.4 Å². The van der Waals surface area contributed by atoms with Crippen molar-refractivity contribution in [2.45, 2.75) is 26.9 Å². The molecule has 0 radical (unpaired) electrons. The van der Waals surface area contributed by atoms with E-state index < -0.39 is 0 Å². The van der Waals surface area contributed by atoms with Crippen molar-refractivity contribution >= 4 is 17.5 Å². The molecule has 2 N–H and O–H groups in total. The zero-order chi connectivity index (χ0) is 24.6. The summed E-state index contributed by atoms with van der Waals surface area (Å²) in [5.41, 5.74) is 4.06. The zero-order valence-electron chi connectivity index (χ0n) is 19.7. The number of carbonyl (C=O) groups excluding carboxylic acids is 2. The van der Waals surface area contributed by atoms with Gasteiger partial charge < -0.3 is 19.9 Å². The molecule has 0 fully saturated rings. The number of nitrogens with zero attached hydrogens (tertiary/aromatic N) is 1. The van der Waals surface area contributed by atoms with Crippen LogP contribution in [0.3, 0.4) is 0 Å². The molecule has 0 saturated heterocycles. The summed E-state index contributed by atoms with van der Waals surface area (Å²) in [6.07, 6.45) is 0.724. The summed E-state index contributed by atoms with van der Waals surface area (Å²) < 4.78 is 11.0. The predicted molar refractivity (Wildman–Crippen MR) is 134 cm³/mol. The zero-order valence-corrected chi connectivity index (χ0v) is 19.7. The van der Waals surface area contributed by atoms with E-state index in [2.05, 4.69) is 15.8 Å². The van der Waals surface area contributed by atoms with Crippen LogP contribution in [-0.2, 0) is 13.0 Å². The van der Waals surface area contributed by atoms with E-state index in [0.29, 0.717) is 34.9 Å². The summed E-state index contributed by atoms with van der Waals surface area (Å²) in [5, 5.41) is 9.70. The van der Waals surface area contributed by atoms with Crippen LogP contribution in [0.2, 0.25) is 0 Å². The first-order valence-electron chi connectivity index (χ1n) is 11.4. The molecule has 0 spiro atoms. The SMILES string of the molecule is Cc1noc(C)c1COc1cccc(C(=O)Nc2ccccc2C(=O)NCCc2ccccc2)c1. The fourth-order valence-electron chi connectivity index (χ4n) is 3.64. The molecule has 0 aliphatic carbocycles. The van der Waals surface area contributed by atoms with Crippen molar-refractivity contribution < 1.29 is 18.8 Å². The Morgan fingerprint density at radius 3 is 2.46 bits per heavy atom. The minimum Gasteiger partial charge on any atom is -0.489 e. The molecular weight excluding hydrogens is 442 g/mol. The fraction of sp³-hybridized carbons (Fsp3) is 0.179. The van der Waals surface area contributed by atoms with E-state index in [-0.39, 0.29) is 18.4 Å². The maximum absolute atomic E-state index is 13.0. The van der Waals surface area contributed by atoms with Gasteiger partial charge in [0.05, 0.1) is 22.5 Å². The Labute approximate surface area is 204 Å². The number of rotatable bonds is 9. The van der Waals surface area contributed by atoms with Gasteiger partial charge in [-0.25, -0.2) is 0 Å². The molecule has 1 heterocycles. The normalized spacial score (nSPS) is 10.6. The van der Waals surface area contributed by atoms with E-state index in [9.17, 15) is 9.59 Å². The minimum atomic E-state index is -0.336. The van der Waals surface area contributed by atoms with E-state index >= 15 is 0 Å². The van der Waals surface area contributed by atoms with Crippen LogP contribution in [-0.4, -0.2) is 23.5 Å². The number of hydrogen-bond acceptors (Lipinski definition) is 5. The molecule has 0 bridgehead atoms. The Balaban J connectivity index is 1.39. The third kappa shape index (κ3) is 6.14. The average molecular weight is 470 g/mol. The molecule has 1 aromatic heterocycles. The van der Waals surface area contributed by atoms with Gasteiger partial charge in [-0.3, -0.25) is 9.59 Å². The number of hydrogen-bond donors (Lipinski definition) is 2. The van der Waals surface area contributed by atoms with Crippen LogP contribution in [0.1, 0.15) is 43.3 Å². The largest absolute Gasteiger partial charge is 0.489 e. The van der Waals surface area contributed by atoms with E-state index in [4.69, 9.17) is 9.26 Å². The van der Waals surface area contributed by atoms with Gasteiger partial charge in [-0.2, -0.15) is 0 Å².